The minimum atomic E-state index is -4.52. The highest BCUT2D eigenvalue weighted by Crippen LogP contribution is 2.30. The summed E-state index contributed by atoms with van der Waals surface area (Å²) in [7, 11) is 0. The first-order valence-corrected chi connectivity index (χ1v) is 11.4. The highest BCUT2D eigenvalue weighted by Gasteiger charge is 2.30. The second kappa shape index (κ2) is 11.2. The highest BCUT2D eigenvalue weighted by atomic mass is 19.4. The van der Waals surface area contributed by atoms with Crippen molar-refractivity contribution in [2.45, 2.75) is 32.5 Å². The molecule has 0 aromatic heterocycles. The Hall–Kier alpha value is -4.34. The predicted molar refractivity (Wildman–Crippen MR) is 137 cm³/mol. The third-order valence-electron chi connectivity index (χ3n) is 4.94. The Balaban J connectivity index is 1.55. The molecular formula is C27H27F3N4O3. The standard InChI is InChI=1S/C27H27F3N4O3/c1-26(2,3)34-25(37)17-10-12-20(13-11-17)32-23(35)16-31-21-8-4-6-18(14-21)24(36)33-22-9-5-7-19(15-22)27(28,29)30/h4-15,31H,16H2,1-3H3,(H,32,35)(H,33,36)(H,34,37). The molecule has 0 bridgehead atoms. The molecule has 0 atom stereocenters. The van der Waals surface area contributed by atoms with Crippen molar-refractivity contribution in [1.29, 1.82) is 0 Å². The van der Waals surface area contributed by atoms with Gasteiger partial charge in [0.25, 0.3) is 11.8 Å². The monoisotopic (exact) mass is 512 g/mol. The van der Waals surface area contributed by atoms with Gasteiger partial charge in [-0.25, -0.2) is 0 Å². The first-order valence-electron chi connectivity index (χ1n) is 11.4. The van der Waals surface area contributed by atoms with Gasteiger partial charge in [-0.3, -0.25) is 14.4 Å². The predicted octanol–water partition coefficient (Wildman–Crippen LogP) is 5.54. The molecule has 0 unspecified atom stereocenters. The second-order valence-corrected chi connectivity index (χ2v) is 9.30. The van der Waals surface area contributed by atoms with Crippen molar-refractivity contribution in [3.8, 4) is 0 Å². The van der Waals surface area contributed by atoms with Crippen LogP contribution in [-0.2, 0) is 11.0 Å². The molecule has 0 fully saturated rings. The fourth-order valence-corrected chi connectivity index (χ4v) is 3.25. The number of rotatable bonds is 7. The first kappa shape index (κ1) is 27.3. The molecule has 0 heterocycles. The van der Waals surface area contributed by atoms with Gasteiger partial charge in [-0.05, 0) is 81.4 Å². The molecule has 4 N–H and O–H groups in total. The van der Waals surface area contributed by atoms with E-state index < -0.39 is 17.6 Å². The quantitative estimate of drug-likeness (QED) is 0.334. The van der Waals surface area contributed by atoms with Crippen LogP contribution in [0, 0.1) is 0 Å². The lowest BCUT2D eigenvalue weighted by Crippen LogP contribution is -2.40. The molecule has 0 radical (unpaired) electrons. The van der Waals surface area contributed by atoms with E-state index in [0.717, 1.165) is 12.1 Å². The van der Waals surface area contributed by atoms with E-state index in [1.165, 1.54) is 24.3 Å². The maximum absolute atomic E-state index is 12.9. The van der Waals surface area contributed by atoms with Crippen molar-refractivity contribution in [1.82, 2.24) is 5.32 Å². The van der Waals surface area contributed by atoms with Crippen LogP contribution in [0.15, 0.2) is 72.8 Å². The highest BCUT2D eigenvalue weighted by molar-refractivity contribution is 6.05. The largest absolute Gasteiger partial charge is 0.416 e. The van der Waals surface area contributed by atoms with Crippen molar-refractivity contribution >= 4 is 34.8 Å². The van der Waals surface area contributed by atoms with E-state index >= 15 is 0 Å². The van der Waals surface area contributed by atoms with Crippen molar-refractivity contribution < 1.29 is 27.6 Å². The summed E-state index contributed by atoms with van der Waals surface area (Å²) >= 11 is 0. The molecule has 3 aromatic rings. The summed E-state index contributed by atoms with van der Waals surface area (Å²) in [5.41, 5.74) is 0.424. The average Bonchev–Trinajstić information content (AvgIpc) is 2.82. The fraction of sp³-hybridized carbons (Fsp3) is 0.222. The molecule has 0 aliphatic rings. The number of anilines is 3. The van der Waals surface area contributed by atoms with Crippen LogP contribution in [0.3, 0.4) is 0 Å². The van der Waals surface area contributed by atoms with E-state index in [2.05, 4.69) is 21.3 Å². The molecule has 0 aliphatic heterocycles. The van der Waals surface area contributed by atoms with Gasteiger partial charge in [0.15, 0.2) is 0 Å². The number of carbonyl (C=O) groups is 3. The fourth-order valence-electron chi connectivity index (χ4n) is 3.25. The molecule has 7 nitrogen and oxygen atoms in total. The molecule has 0 saturated carbocycles. The number of benzene rings is 3. The summed E-state index contributed by atoms with van der Waals surface area (Å²) in [5, 5.41) is 10.9. The van der Waals surface area contributed by atoms with Crippen LogP contribution in [0.5, 0.6) is 0 Å². The smallest absolute Gasteiger partial charge is 0.376 e. The molecule has 37 heavy (non-hydrogen) atoms. The summed E-state index contributed by atoms with van der Waals surface area (Å²) < 4.78 is 38.7. The second-order valence-electron chi connectivity index (χ2n) is 9.30. The van der Waals surface area contributed by atoms with Gasteiger partial charge in [0.2, 0.25) is 5.91 Å². The lowest BCUT2D eigenvalue weighted by molar-refractivity contribution is -0.137. The molecule has 194 valence electrons. The molecule has 3 rings (SSSR count). The van der Waals surface area contributed by atoms with Crippen molar-refractivity contribution in [3.63, 3.8) is 0 Å². The number of halogens is 3. The van der Waals surface area contributed by atoms with E-state index in [-0.39, 0.29) is 35.1 Å². The summed E-state index contributed by atoms with van der Waals surface area (Å²) in [5.74, 6) is -1.17. The van der Waals surface area contributed by atoms with Gasteiger partial charge >= 0.3 is 6.18 Å². The van der Waals surface area contributed by atoms with Gasteiger partial charge in [0.05, 0.1) is 12.1 Å². The Kier molecular flexibility index (Phi) is 8.21. The molecule has 10 heteroatoms. The Morgan fingerprint density at radius 1 is 0.703 bits per heavy atom. The van der Waals surface area contributed by atoms with Crippen LogP contribution in [0.4, 0.5) is 30.2 Å². The third kappa shape index (κ3) is 8.38. The topological polar surface area (TPSA) is 99.3 Å². The Labute approximate surface area is 212 Å². The van der Waals surface area contributed by atoms with E-state index in [1.54, 1.807) is 36.4 Å². The van der Waals surface area contributed by atoms with Gasteiger partial charge in [0.1, 0.15) is 0 Å². The van der Waals surface area contributed by atoms with Crippen molar-refractivity contribution in [2.75, 3.05) is 22.5 Å². The van der Waals surface area contributed by atoms with Gasteiger partial charge in [-0.1, -0.05) is 12.1 Å². The normalized spacial score (nSPS) is 11.4. The molecule has 0 aliphatic carbocycles. The van der Waals surface area contributed by atoms with Crippen LogP contribution in [0.2, 0.25) is 0 Å². The number of carbonyl (C=O) groups excluding carboxylic acids is 3. The molecular weight excluding hydrogens is 485 g/mol. The average molecular weight is 513 g/mol. The van der Waals surface area contributed by atoms with E-state index in [4.69, 9.17) is 0 Å². The number of alkyl halides is 3. The van der Waals surface area contributed by atoms with Gasteiger partial charge < -0.3 is 21.3 Å². The minimum Gasteiger partial charge on any atom is -0.376 e. The van der Waals surface area contributed by atoms with Crippen LogP contribution in [-0.4, -0.2) is 29.8 Å². The number of hydrogen-bond acceptors (Lipinski definition) is 4. The zero-order valence-electron chi connectivity index (χ0n) is 20.5. The number of amides is 3. The zero-order chi connectivity index (χ0) is 27.2. The number of nitrogens with one attached hydrogen (secondary N) is 4. The van der Waals surface area contributed by atoms with Crippen molar-refractivity contribution in [3.05, 3.63) is 89.5 Å². The van der Waals surface area contributed by atoms with Crippen LogP contribution >= 0.6 is 0 Å². The molecule has 0 saturated heterocycles. The summed E-state index contributed by atoms with van der Waals surface area (Å²) in [6.07, 6.45) is -4.52. The van der Waals surface area contributed by atoms with Crippen LogP contribution < -0.4 is 21.3 Å². The third-order valence-corrected chi connectivity index (χ3v) is 4.94. The lowest BCUT2D eigenvalue weighted by Gasteiger charge is -2.20. The van der Waals surface area contributed by atoms with Gasteiger partial charge in [-0.2, -0.15) is 13.2 Å². The Bertz CT molecular complexity index is 1280. The van der Waals surface area contributed by atoms with Crippen LogP contribution in [0.25, 0.3) is 0 Å². The number of hydrogen-bond donors (Lipinski definition) is 4. The minimum absolute atomic E-state index is 0.0134. The summed E-state index contributed by atoms with van der Waals surface area (Å²) in [6.45, 7) is 5.53. The SMILES string of the molecule is CC(C)(C)NC(=O)c1ccc(NC(=O)CNc2cccc(C(=O)Nc3cccc(C(F)(F)F)c3)c2)cc1. The summed E-state index contributed by atoms with van der Waals surface area (Å²) in [4.78, 5) is 37.1. The maximum Gasteiger partial charge on any atom is 0.416 e. The van der Waals surface area contributed by atoms with Gasteiger partial charge in [-0.15, -0.1) is 0 Å². The molecule has 3 amide bonds. The van der Waals surface area contributed by atoms with Crippen LogP contribution in [0.1, 0.15) is 47.1 Å². The van der Waals surface area contributed by atoms with E-state index in [1.807, 2.05) is 20.8 Å². The Morgan fingerprint density at radius 2 is 1.35 bits per heavy atom. The summed E-state index contributed by atoms with van der Waals surface area (Å²) in [6, 6.07) is 17.0. The zero-order valence-corrected chi connectivity index (χ0v) is 20.5. The first-order chi connectivity index (χ1) is 17.3. The molecule has 0 spiro atoms. The molecule has 3 aromatic carbocycles. The maximum atomic E-state index is 12.9. The lowest BCUT2D eigenvalue weighted by atomic mass is 10.1. The van der Waals surface area contributed by atoms with E-state index in [9.17, 15) is 27.6 Å². The Morgan fingerprint density at radius 3 is 2.00 bits per heavy atom. The van der Waals surface area contributed by atoms with Crippen molar-refractivity contribution in [2.24, 2.45) is 0 Å². The van der Waals surface area contributed by atoms with E-state index in [0.29, 0.717) is 16.9 Å². The van der Waals surface area contributed by atoms with Gasteiger partial charge in [0, 0.05) is 33.7 Å².